The van der Waals surface area contributed by atoms with E-state index >= 15 is 0 Å². The SMILES string of the molecule is NC(Cc1c[nH]c2ccccc12)C(=O)Nc1ccc2c(C(F)(F)F)cc(=O)oc2c1. The Morgan fingerprint density at radius 1 is 1.13 bits per heavy atom. The smallest absolute Gasteiger partial charge is 0.417 e. The van der Waals surface area contributed by atoms with E-state index in [9.17, 15) is 22.8 Å². The maximum absolute atomic E-state index is 13.1. The third kappa shape index (κ3) is 3.79. The first-order valence-electron chi connectivity index (χ1n) is 8.99. The number of nitrogens with two attached hydrogens (primary N) is 1. The largest absolute Gasteiger partial charge is 0.423 e. The lowest BCUT2D eigenvalue weighted by atomic mass is 10.0. The zero-order chi connectivity index (χ0) is 21.5. The second-order valence-corrected chi connectivity index (χ2v) is 6.85. The lowest BCUT2D eigenvalue weighted by Gasteiger charge is -2.13. The third-order valence-electron chi connectivity index (χ3n) is 4.77. The Morgan fingerprint density at radius 2 is 1.90 bits per heavy atom. The predicted octanol–water partition coefficient (Wildman–Crippen LogP) is 3.80. The van der Waals surface area contributed by atoms with Crippen LogP contribution in [0, 0.1) is 0 Å². The van der Waals surface area contributed by atoms with Crippen LogP contribution in [0.5, 0.6) is 0 Å². The number of rotatable bonds is 4. The van der Waals surface area contributed by atoms with E-state index in [4.69, 9.17) is 10.2 Å². The molecule has 2 aromatic carbocycles. The summed E-state index contributed by atoms with van der Waals surface area (Å²) in [7, 11) is 0. The fraction of sp³-hybridized carbons (Fsp3) is 0.143. The number of halogens is 3. The van der Waals surface area contributed by atoms with Gasteiger partial charge in [-0.25, -0.2) is 4.79 Å². The minimum atomic E-state index is -4.71. The molecule has 30 heavy (non-hydrogen) atoms. The Kier molecular flexibility index (Phi) is 4.83. The summed E-state index contributed by atoms with van der Waals surface area (Å²) < 4.78 is 44.3. The lowest BCUT2D eigenvalue weighted by molar-refractivity contribution is -0.136. The van der Waals surface area contributed by atoms with Crippen molar-refractivity contribution >= 4 is 33.5 Å². The van der Waals surface area contributed by atoms with Crippen molar-refractivity contribution in [3.63, 3.8) is 0 Å². The van der Waals surface area contributed by atoms with Gasteiger partial charge in [0.25, 0.3) is 0 Å². The van der Waals surface area contributed by atoms with Gasteiger partial charge >= 0.3 is 11.8 Å². The Hall–Kier alpha value is -3.59. The summed E-state index contributed by atoms with van der Waals surface area (Å²) in [6, 6.07) is 10.7. The van der Waals surface area contributed by atoms with Gasteiger partial charge in [0.1, 0.15) is 5.58 Å². The molecule has 1 unspecified atom stereocenters. The maximum atomic E-state index is 13.1. The number of H-pyrrole nitrogens is 1. The number of hydrogen-bond donors (Lipinski definition) is 3. The van der Waals surface area contributed by atoms with Crippen LogP contribution in [0.25, 0.3) is 21.9 Å². The highest BCUT2D eigenvalue weighted by Crippen LogP contribution is 2.34. The molecular weight excluding hydrogens is 399 g/mol. The van der Waals surface area contributed by atoms with Crippen LogP contribution in [-0.2, 0) is 17.4 Å². The Balaban J connectivity index is 1.56. The minimum Gasteiger partial charge on any atom is -0.423 e. The molecule has 4 aromatic rings. The first kappa shape index (κ1) is 19.7. The number of nitrogens with one attached hydrogen (secondary N) is 2. The molecule has 0 aliphatic carbocycles. The van der Waals surface area contributed by atoms with Crippen LogP contribution >= 0.6 is 0 Å². The molecule has 9 heteroatoms. The number of amides is 1. The molecule has 4 rings (SSSR count). The van der Waals surface area contributed by atoms with E-state index in [0.717, 1.165) is 22.5 Å². The molecule has 1 amide bonds. The van der Waals surface area contributed by atoms with Gasteiger partial charge < -0.3 is 20.5 Å². The number of carbonyl (C=O) groups excluding carboxylic acids is 1. The summed E-state index contributed by atoms with van der Waals surface area (Å²) in [4.78, 5) is 27.1. The van der Waals surface area contributed by atoms with Gasteiger partial charge in [0.15, 0.2) is 0 Å². The summed E-state index contributed by atoms with van der Waals surface area (Å²) in [5, 5.41) is 3.23. The molecule has 154 valence electrons. The third-order valence-corrected chi connectivity index (χ3v) is 4.77. The van der Waals surface area contributed by atoms with Gasteiger partial charge in [-0.2, -0.15) is 13.2 Å². The van der Waals surface area contributed by atoms with Gasteiger partial charge in [-0.15, -0.1) is 0 Å². The van der Waals surface area contributed by atoms with Crippen LogP contribution in [-0.4, -0.2) is 16.9 Å². The molecular formula is C21H16F3N3O3. The summed E-state index contributed by atoms with van der Waals surface area (Å²) in [5.74, 6) is -0.519. The van der Waals surface area contributed by atoms with Crippen LogP contribution in [0.3, 0.4) is 0 Å². The van der Waals surface area contributed by atoms with Crippen molar-refractivity contribution in [2.45, 2.75) is 18.6 Å². The first-order chi connectivity index (χ1) is 14.2. The average molecular weight is 415 g/mol. The number of carbonyl (C=O) groups is 1. The van der Waals surface area contributed by atoms with E-state index in [1.54, 1.807) is 6.20 Å². The Labute approximate surface area is 167 Å². The molecule has 0 spiro atoms. The minimum absolute atomic E-state index is 0.171. The average Bonchev–Trinajstić information content (AvgIpc) is 3.09. The van der Waals surface area contributed by atoms with Gasteiger partial charge in [-0.3, -0.25) is 4.79 Å². The van der Waals surface area contributed by atoms with Crippen molar-refractivity contribution in [1.29, 1.82) is 0 Å². The van der Waals surface area contributed by atoms with E-state index in [0.29, 0.717) is 6.07 Å². The zero-order valence-corrected chi connectivity index (χ0v) is 15.4. The van der Waals surface area contributed by atoms with E-state index in [1.807, 2.05) is 24.3 Å². The molecule has 0 bridgehead atoms. The van der Waals surface area contributed by atoms with E-state index in [2.05, 4.69) is 10.3 Å². The molecule has 4 N–H and O–H groups in total. The van der Waals surface area contributed by atoms with Crippen LogP contribution < -0.4 is 16.7 Å². The second-order valence-electron chi connectivity index (χ2n) is 6.85. The molecule has 2 aromatic heterocycles. The van der Waals surface area contributed by atoms with Gasteiger partial charge in [-0.1, -0.05) is 18.2 Å². The number of para-hydroxylation sites is 1. The summed E-state index contributed by atoms with van der Waals surface area (Å²) in [5.41, 5.74) is 5.47. The van der Waals surface area contributed by atoms with E-state index < -0.39 is 29.3 Å². The van der Waals surface area contributed by atoms with Crippen molar-refractivity contribution in [2.75, 3.05) is 5.32 Å². The van der Waals surface area contributed by atoms with Crippen molar-refractivity contribution in [2.24, 2.45) is 5.73 Å². The molecule has 0 radical (unpaired) electrons. The summed E-state index contributed by atoms with van der Waals surface area (Å²) in [6.07, 6.45) is -2.67. The molecule has 0 aliphatic heterocycles. The Bertz CT molecular complexity index is 1310. The van der Waals surface area contributed by atoms with Crippen LogP contribution in [0.2, 0.25) is 0 Å². The summed E-state index contributed by atoms with van der Waals surface area (Å²) >= 11 is 0. The van der Waals surface area contributed by atoms with Gasteiger partial charge in [0, 0.05) is 40.3 Å². The molecule has 1 atom stereocenters. The lowest BCUT2D eigenvalue weighted by Crippen LogP contribution is -2.37. The molecule has 0 aliphatic rings. The number of anilines is 1. The van der Waals surface area contributed by atoms with Crippen molar-refractivity contribution in [3.8, 4) is 0 Å². The number of alkyl halides is 3. The highest BCUT2D eigenvalue weighted by atomic mass is 19.4. The standard InChI is InChI=1S/C21H16F3N3O3/c22-21(23,24)15-9-19(28)30-18-8-12(5-6-14(15)18)27-20(29)16(25)7-11-10-26-17-4-2-1-3-13(11)17/h1-6,8-10,16,26H,7,25H2,(H,27,29). The highest BCUT2D eigenvalue weighted by molar-refractivity contribution is 5.97. The van der Waals surface area contributed by atoms with Crippen LogP contribution in [0.1, 0.15) is 11.1 Å². The van der Waals surface area contributed by atoms with Crippen molar-refractivity contribution in [3.05, 3.63) is 76.3 Å². The molecule has 6 nitrogen and oxygen atoms in total. The molecule has 0 saturated heterocycles. The number of benzene rings is 2. The fourth-order valence-corrected chi connectivity index (χ4v) is 3.34. The van der Waals surface area contributed by atoms with Crippen LogP contribution in [0.4, 0.5) is 18.9 Å². The monoisotopic (exact) mass is 415 g/mol. The number of aromatic nitrogens is 1. The van der Waals surface area contributed by atoms with E-state index in [1.165, 1.54) is 12.1 Å². The number of hydrogen-bond acceptors (Lipinski definition) is 4. The number of aromatic amines is 1. The molecule has 2 heterocycles. The van der Waals surface area contributed by atoms with E-state index in [-0.39, 0.29) is 23.1 Å². The van der Waals surface area contributed by atoms with Crippen molar-refractivity contribution in [1.82, 2.24) is 4.98 Å². The van der Waals surface area contributed by atoms with Crippen molar-refractivity contribution < 1.29 is 22.4 Å². The van der Waals surface area contributed by atoms with Gasteiger partial charge in [0.05, 0.1) is 11.6 Å². The Morgan fingerprint density at radius 3 is 2.67 bits per heavy atom. The normalized spacial score (nSPS) is 12.9. The first-order valence-corrected chi connectivity index (χ1v) is 8.99. The predicted molar refractivity (Wildman–Crippen MR) is 106 cm³/mol. The zero-order valence-electron chi connectivity index (χ0n) is 15.4. The maximum Gasteiger partial charge on any atom is 0.417 e. The topological polar surface area (TPSA) is 101 Å². The van der Waals surface area contributed by atoms with Gasteiger partial charge in [0.2, 0.25) is 5.91 Å². The van der Waals surface area contributed by atoms with Crippen LogP contribution in [0.15, 0.2) is 63.9 Å². The highest BCUT2D eigenvalue weighted by Gasteiger charge is 2.33. The summed E-state index contributed by atoms with van der Waals surface area (Å²) in [6.45, 7) is 0. The fourth-order valence-electron chi connectivity index (χ4n) is 3.34. The molecule has 0 fully saturated rings. The number of fused-ring (bicyclic) bond motifs is 2. The molecule has 0 saturated carbocycles. The quantitative estimate of drug-likeness (QED) is 0.441. The van der Waals surface area contributed by atoms with Gasteiger partial charge in [-0.05, 0) is 30.2 Å². The second kappa shape index (κ2) is 7.34.